The van der Waals surface area contributed by atoms with Crippen LogP contribution in [0.5, 0.6) is 0 Å². The number of nitrogens with zero attached hydrogens (tertiary/aromatic N) is 2. The van der Waals surface area contributed by atoms with Crippen molar-refractivity contribution in [3.63, 3.8) is 0 Å². The topological polar surface area (TPSA) is 51.1 Å². The van der Waals surface area contributed by atoms with E-state index < -0.39 is 0 Å². The third-order valence-electron chi connectivity index (χ3n) is 3.39. The number of benzene rings is 1. The number of rotatable bonds is 5. The SMILES string of the molecule is CON=C(CCC(=O)N1CCOCC1)c1ccc(Cl)c(Cl)c1. The molecule has 22 heavy (non-hydrogen) atoms. The quantitative estimate of drug-likeness (QED) is 0.609. The van der Waals surface area contributed by atoms with Crippen LogP contribution in [0.3, 0.4) is 0 Å². The molecule has 0 spiro atoms. The lowest BCUT2D eigenvalue weighted by Gasteiger charge is -2.26. The van der Waals surface area contributed by atoms with Gasteiger partial charge in [0.05, 0.1) is 29.0 Å². The Hall–Kier alpha value is -1.30. The van der Waals surface area contributed by atoms with Crippen LogP contribution in [0.15, 0.2) is 23.4 Å². The Bertz CT molecular complexity index is 558. The van der Waals surface area contributed by atoms with Gasteiger partial charge in [-0.05, 0) is 12.1 Å². The van der Waals surface area contributed by atoms with E-state index in [-0.39, 0.29) is 5.91 Å². The fourth-order valence-electron chi connectivity index (χ4n) is 2.22. The van der Waals surface area contributed by atoms with Crippen LogP contribution in [0, 0.1) is 0 Å². The van der Waals surface area contributed by atoms with E-state index in [1.807, 2.05) is 11.0 Å². The third kappa shape index (κ3) is 4.60. The molecule has 5 nitrogen and oxygen atoms in total. The van der Waals surface area contributed by atoms with Crippen LogP contribution >= 0.6 is 23.2 Å². The molecule has 0 aromatic heterocycles. The Morgan fingerprint density at radius 3 is 2.64 bits per heavy atom. The Balaban J connectivity index is 2.01. The van der Waals surface area contributed by atoms with Crippen molar-refractivity contribution in [2.45, 2.75) is 12.8 Å². The summed E-state index contributed by atoms with van der Waals surface area (Å²) in [5, 5.41) is 4.93. The molecular weight excluding hydrogens is 327 g/mol. The van der Waals surface area contributed by atoms with Crippen molar-refractivity contribution in [3.8, 4) is 0 Å². The Labute approximate surface area is 139 Å². The number of halogens is 2. The monoisotopic (exact) mass is 344 g/mol. The largest absolute Gasteiger partial charge is 0.399 e. The molecule has 7 heteroatoms. The fourth-order valence-corrected chi connectivity index (χ4v) is 2.52. The van der Waals surface area contributed by atoms with E-state index in [9.17, 15) is 4.79 Å². The van der Waals surface area contributed by atoms with Gasteiger partial charge >= 0.3 is 0 Å². The average Bonchev–Trinajstić information content (AvgIpc) is 2.54. The first-order valence-electron chi connectivity index (χ1n) is 7.03. The minimum atomic E-state index is 0.0900. The van der Waals surface area contributed by atoms with Crippen LogP contribution in [0.1, 0.15) is 18.4 Å². The molecule has 1 aromatic carbocycles. The van der Waals surface area contributed by atoms with Crippen LogP contribution in [0.4, 0.5) is 0 Å². The molecule has 0 unspecified atom stereocenters. The van der Waals surface area contributed by atoms with Gasteiger partial charge in [0.15, 0.2) is 0 Å². The number of morpholine rings is 1. The number of carbonyl (C=O) groups excluding carboxylic acids is 1. The van der Waals surface area contributed by atoms with Gasteiger partial charge < -0.3 is 14.5 Å². The highest BCUT2D eigenvalue weighted by Crippen LogP contribution is 2.23. The van der Waals surface area contributed by atoms with Crippen molar-refractivity contribution < 1.29 is 14.4 Å². The predicted octanol–water partition coefficient (Wildman–Crippen LogP) is 2.98. The maximum Gasteiger partial charge on any atom is 0.223 e. The summed E-state index contributed by atoms with van der Waals surface area (Å²) in [7, 11) is 1.47. The van der Waals surface area contributed by atoms with Gasteiger partial charge in [0.25, 0.3) is 0 Å². The summed E-state index contributed by atoms with van der Waals surface area (Å²) in [4.78, 5) is 18.9. The summed E-state index contributed by atoms with van der Waals surface area (Å²) >= 11 is 11.9. The van der Waals surface area contributed by atoms with Gasteiger partial charge in [-0.2, -0.15) is 0 Å². The number of hydrogen-bond donors (Lipinski definition) is 0. The molecular formula is C15H18Cl2N2O3. The van der Waals surface area contributed by atoms with E-state index in [0.29, 0.717) is 54.9 Å². The van der Waals surface area contributed by atoms with Crippen LogP contribution in [0.25, 0.3) is 0 Å². The Morgan fingerprint density at radius 2 is 2.00 bits per heavy atom. The van der Waals surface area contributed by atoms with Gasteiger partial charge in [-0.15, -0.1) is 0 Å². The van der Waals surface area contributed by atoms with Crippen molar-refractivity contribution >= 4 is 34.8 Å². The molecule has 2 rings (SSSR count). The lowest BCUT2D eigenvalue weighted by Crippen LogP contribution is -2.40. The zero-order chi connectivity index (χ0) is 15.9. The van der Waals surface area contributed by atoms with Crippen LogP contribution in [-0.2, 0) is 14.4 Å². The maximum absolute atomic E-state index is 12.2. The molecule has 0 saturated carbocycles. The number of ether oxygens (including phenoxy) is 1. The number of amides is 1. The molecule has 0 radical (unpaired) electrons. The standard InChI is InChI=1S/C15H18Cl2N2O3/c1-21-18-14(11-2-3-12(16)13(17)10-11)4-5-15(20)19-6-8-22-9-7-19/h2-3,10H,4-9H2,1H3. The van der Waals surface area contributed by atoms with Crippen molar-refractivity contribution in [2.75, 3.05) is 33.4 Å². The first-order valence-corrected chi connectivity index (χ1v) is 7.78. The highest BCUT2D eigenvalue weighted by atomic mass is 35.5. The first kappa shape index (κ1) is 17.1. The molecule has 0 N–H and O–H groups in total. The van der Waals surface area contributed by atoms with E-state index >= 15 is 0 Å². The smallest absolute Gasteiger partial charge is 0.223 e. The summed E-state index contributed by atoms with van der Waals surface area (Å²) < 4.78 is 5.24. The summed E-state index contributed by atoms with van der Waals surface area (Å²) in [5.41, 5.74) is 1.47. The van der Waals surface area contributed by atoms with E-state index in [0.717, 1.165) is 5.56 Å². The third-order valence-corrected chi connectivity index (χ3v) is 4.13. The highest BCUT2D eigenvalue weighted by molar-refractivity contribution is 6.42. The first-order chi connectivity index (χ1) is 10.6. The summed E-state index contributed by atoms with van der Waals surface area (Å²) in [6.45, 7) is 2.47. The lowest BCUT2D eigenvalue weighted by molar-refractivity contribution is -0.135. The second kappa shape index (κ2) is 8.36. The molecule has 0 bridgehead atoms. The summed E-state index contributed by atoms with van der Waals surface area (Å²) in [6, 6.07) is 5.24. The summed E-state index contributed by atoms with van der Waals surface area (Å²) in [5.74, 6) is 0.0900. The minimum Gasteiger partial charge on any atom is -0.399 e. The number of oxime groups is 1. The predicted molar refractivity (Wildman–Crippen MR) is 86.6 cm³/mol. The van der Waals surface area contributed by atoms with E-state index in [1.165, 1.54) is 7.11 Å². The van der Waals surface area contributed by atoms with Gasteiger partial charge in [0.1, 0.15) is 7.11 Å². The van der Waals surface area contributed by atoms with Crippen LogP contribution < -0.4 is 0 Å². The van der Waals surface area contributed by atoms with Gasteiger partial charge in [-0.3, -0.25) is 4.79 Å². The number of hydrogen-bond acceptors (Lipinski definition) is 4. The Morgan fingerprint density at radius 1 is 1.27 bits per heavy atom. The van der Waals surface area contributed by atoms with Gasteiger partial charge in [0.2, 0.25) is 5.91 Å². The van der Waals surface area contributed by atoms with Crippen molar-refractivity contribution in [2.24, 2.45) is 5.16 Å². The molecule has 1 aliphatic rings. The van der Waals surface area contributed by atoms with Crippen molar-refractivity contribution in [1.29, 1.82) is 0 Å². The fraction of sp³-hybridized carbons (Fsp3) is 0.467. The van der Waals surface area contributed by atoms with Gasteiger partial charge in [0, 0.05) is 31.5 Å². The molecule has 0 atom stereocenters. The minimum absolute atomic E-state index is 0.0900. The Kier molecular flexibility index (Phi) is 6.49. The molecule has 1 heterocycles. The van der Waals surface area contributed by atoms with E-state index in [2.05, 4.69) is 5.16 Å². The molecule has 120 valence electrons. The second-order valence-electron chi connectivity index (χ2n) is 4.84. The molecule has 0 aliphatic carbocycles. The van der Waals surface area contributed by atoms with Gasteiger partial charge in [-0.1, -0.05) is 34.4 Å². The molecule has 1 aliphatic heterocycles. The van der Waals surface area contributed by atoms with Gasteiger partial charge in [-0.25, -0.2) is 0 Å². The molecule has 1 saturated heterocycles. The lowest BCUT2D eigenvalue weighted by atomic mass is 10.1. The molecule has 1 aromatic rings. The highest BCUT2D eigenvalue weighted by Gasteiger charge is 2.18. The summed E-state index contributed by atoms with van der Waals surface area (Å²) in [6.07, 6.45) is 0.838. The van der Waals surface area contributed by atoms with E-state index in [1.54, 1.807) is 12.1 Å². The molecule has 1 fully saturated rings. The van der Waals surface area contributed by atoms with Crippen molar-refractivity contribution in [3.05, 3.63) is 33.8 Å². The zero-order valence-electron chi connectivity index (χ0n) is 12.3. The molecule has 1 amide bonds. The van der Waals surface area contributed by atoms with Crippen LogP contribution in [0.2, 0.25) is 10.0 Å². The van der Waals surface area contributed by atoms with Crippen molar-refractivity contribution in [1.82, 2.24) is 4.90 Å². The van der Waals surface area contributed by atoms with Crippen LogP contribution in [-0.4, -0.2) is 49.9 Å². The number of carbonyl (C=O) groups is 1. The van der Waals surface area contributed by atoms with E-state index in [4.69, 9.17) is 32.8 Å². The average molecular weight is 345 g/mol. The zero-order valence-corrected chi connectivity index (χ0v) is 13.9. The second-order valence-corrected chi connectivity index (χ2v) is 5.66. The normalized spacial score (nSPS) is 15.8. The maximum atomic E-state index is 12.2.